The SMILES string of the molecule is CN1CCN(c2ccc(CNC(=O)c3ccc(NS(C)(=O)=O)c(Cl)c3)cc2)CC1. The molecule has 1 aliphatic heterocycles. The van der Waals surface area contributed by atoms with Crippen LogP contribution in [0.3, 0.4) is 0 Å². The summed E-state index contributed by atoms with van der Waals surface area (Å²) in [6.07, 6.45) is 1.04. The zero-order valence-corrected chi connectivity index (χ0v) is 18.1. The number of likely N-dealkylation sites (N-methyl/N-ethyl adjacent to an activating group) is 1. The maximum Gasteiger partial charge on any atom is 0.251 e. The van der Waals surface area contributed by atoms with Gasteiger partial charge in [-0.15, -0.1) is 0 Å². The molecule has 29 heavy (non-hydrogen) atoms. The summed E-state index contributed by atoms with van der Waals surface area (Å²) >= 11 is 6.08. The van der Waals surface area contributed by atoms with Gasteiger partial charge in [0.15, 0.2) is 0 Å². The van der Waals surface area contributed by atoms with E-state index in [1.807, 2.05) is 12.1 Å². The lowest BCUT2D eigenvalue weighted by Gasteiger charge is -2.34. The minimum atomic E-state index is -3.43. The summed E-state index contributed by atoms with van der Waals surface area (Å²) in [7, 11) is -1.30. The minimum absolute atomic E-state index is 0.166. The van der Waals surface area contributed by atoms with Crippen LogP contribution in [0.15, 0.2) is 42.5 Å². The van der Waals surface area contributed by atoms with Crippen LogP contribution in [0.5, 0.6) is 0 Å². The maximum atomic E-state index is 12.4. The van der Waals surface area contributed by atoms with Crippen molar-refractivity contribution >= 4 is 38.9 Å². The van der Waals surface area contributed by atoms with E-state index in [0.717, 1.165) is 38.0 Å². The Morgan fingerprint density at radius 1 is 1.07 bits per heavy atom. The summed E-state index contributed by atoms with van der Waals surface area (Å²) in [6.45, 7) is 4.52. The lowest BCUT2D eigenvalue weighted by Crippen LogP contribution is -2.44. The first kappa shape index (κ1) is 21.4. The monoisotopic (exact) mass is 436 g/mol. The molecule has 1 fully saturated rings. The zero-order chi connectivity index (χ0) is 21.0. The lowest BCUT2D eigenvalue weighted by atomic mass is 10.1. The Morgan fingerprint density at radius 2 is 1.72 bits per heavy atom. The topological polar surface area (TPSA) is 81.8 Å². The first-order valence-electron chi connectivity index (χ1n) is 9.29. The number of hydrogen-bond donors (Lipinski definition) is 2. The fourth-order valence-corrected chi connectivity index (χ4v) is 3.97. The largest absolute Gasteiger partial charge is 0.369 e. The van der Waals surface area contributed by atoms with Gasteiger partial charge in [-0.3, -0.25) is 9.52 Å². The number of nitrogens with one attached hydrogen (secondary N) is 2. The van der Waals surface area contributed by atoms with Gasteiger partial charge in [0.2, 0.25) is 10.0 Å². The fourth-order valence-electron chi connectivity index (χ4n) is 3.11. The molecule has 0 aliphatic carbocycles. The predicted octanol–water partition coefficient (Wildman–Crippen LogP) is 2.39. The third-order valence-corrected chi connectivity index (χ3v) is 5.69. The van der Waals surface area contributed by atoms with Crippen molar-refractivity contribution < 1.29 is 13.2 Å². The molecule has 1 aliphatic rings. The van der Waals surface area contributed by atoms with E-state index in [1.54, 1.807) is 0 Å². The van der Waals surface area contributed by atoms with E-state index in [0.29, 0.717) is 12.1 Å². The van der Waals surface area contributed by atoms with Gasteiger partial charge in [-0.25, -0.2) is 8.42 Å². The average molecular weight is 437 g/mol. The Kier molecular flexibility index (Phi) is 6.66. The van der Waals surface area contributed by atoms with Crippen LogP contribution in [0.4, 0.5) is 11.4 Å². The highest BCUT2D eigenvalue weighted by Crippen LogP contribution is 2.24. The normalized spacial score (nSPS) is 15.2. The van der Waals surface area contributed by atoms with Crippen molar-refractivity contribution in [2.45, 2.75) is 6.54 Å². The molecule has 1 saturated heterocycles. The number of sulfonamides is 1. The highest BCUT2D eigenvalue weighted by molar-refractivity contribution is 7.92. The molecule has 0 bridgehead atoms. The van der Waals surface area contributed by atoms with Gasteiger partial charge in [-0.1, -0.05) is 23.7 Å². The molecule has 9 heteroatoms. The molecule has 2 N–H and O–H groups in total. The summed E-state index contributed by atoms with van der Waals surface area (Å²) < 4.78 is 24.9. The fraction of sp³-hybridized carbons (Fsp3) is 0.350. The molecule has 0 spiro atoms. The van der Waals surface area contributed by atoms with Crippen LogP contribution in [0.25, 0.3) is 0 Å². The number of nitrogens with zero attached hydrogens (tertiary/aromatic N) is 2. The molecule has 0 atom stereocenters. The van der Waals surface area contributed by atoms with Gasteiger partial charge >= 0.3 is 0 Å². The zero-order valence-electron chi connectivity index (χ0n) is 16.5. The van der Waals surface area contributed by atoms with E-state index in [-0.39, 0.29) is 16.6 Å². The molecule has 0 saturated carbocycles. The van der Waals surface area contributed by atoms with Crippen molar-refractivity contribution in [3.63, 3.8) is 0 Å². The molecule has 2 aromatic carbocycles. The smallest absolute Gasteiger partial charge is 0.251 e. The summed E-state index contributed by atoms with van der Waals surface area (Å²) in [5.74, 6) is -0.277. The quantitative estimate of drug-likeness (QED) is 0.726. The Hall–Kier alpha value is -2.29. The van der Waals surface area contributed by atoms with Crippen molar-refractivity contribution in [2.75, 3.05) is 49.1 Å². The Morgan fingerprint density at radius 3 is 2.31 bits per heavy atom. The van der Waals surface area contributed by atoms with Crippen LogP contribution in [0.2, 0.25) is 5.02 Å². The van der Waals surface area contributed by atoms with Crippen LogP contribution in [0, 0.1) is 0 Å². The summed E-state index contributed by atoms with van der Waals surface area (Å²) in [5, 5.41) is 3.02. The van der Waals surface area contributed by atoms with Gasteiger partial charge in [-0.2, -0.15) is 0 Å². The molecule has 0 radical (unpaired) electrons. The Labute approximate surface area is 176 Å². The summed E-state index contributed by atoms with van der Waals surface area (Å²) in [5.41, 5.74) is 2.79. The third kappa shape index (κ3) is 6.09. The second kappa shape index (κ2) is 9.02. The molecule has 0 unspecified atom stereocenters. The van der Waals surface area contributed by atoms with Crippen molar-refractivity contribution in [1.29, 1.82) is 0 Å². The van der Waals surface area contributed by atoms with E-state index in [2.05, 4.69) is 39.0 Å². The molecule has 2 aromatic rings. The van der Waals surface area contributed by atoms with Gasteiger partial charge in [-0.05, 0) is 42.9 Å². The molecule has 0 aromatic heterocycles. The molecular formula is C20H25ClN4O3S. The Bertz CT molecular complexity index is 972. The van der Waals surface area contributed by atoms with Gasteiger partial charge < -0.3 is 15.1 Å². The van der Waals surface area contributed by atoms with Gasteiger partial charge in [0.25, 0.3) is 5.91 Å². The summed E-state index contributed by atoms with van der Waals surface area (Å²) in [4.78, 5) is 17.1. The predicted molar refractivity (Wildman–Crippen MR) is 117 cm³/mol. The van der Waals surface area contributed by atoms with Crippen LogP contribution in [0.1, 0.15) is 15.9 Å². The van der Waals surface area contributed by atoms with Crippen molar-refractivity contribution in [2.24, 2.45) is 0 Å². The second-order valence-corrected chi connectivity index (χ2v) is 9.36. The molecule has 1 amide bonds. The molecule has 1 heterocycles. The van der Waals surface area contributed by atoms with E-state index < -0.39 is 10.0 Å². The van der Waals surface area contributed by atoms with Crippen LogP contribution < -0.4 is 14.9 Å². The average Bonchev–Trinajstić information content (AvgIpc) is 2.68. The van der Waals surface area contributed by atoms with E-state index in [1.165, 1.54) is 23.9 Å². The van der Waals surface area contributed by atoms with Crippen molar-refractivity contribution in [3.05, 3.63) is 58.6 Å². The van der Waals surface area contributed by atoms with Crippen LogP contribution in [-0.2, 0) is 16.6 Å². The number of hydrogen-bond acceptors (Lipinski definition) is 5. The number of piperazine rings is 1. The number of amides is 1. The van der Waals surface area contributed by atoms with Gasteiger partial charge in [0.05, 0.1) is 17.0 Å². The molecule has 7 nitrogen and oxygen atoms in total. The molecule has 156 valence electrons. The lowest BCUT2D eigenvalue weighted by molar-refractivity contribution is 0.0951. The molecular weight excluding hydrogens is 412 g/mol. The molecule has 3 rings (SSSR count). The highest BCUT2D eigenvalue weighted by Gasteiger charge is 2.14. The number of anilines is 2. The van der Waals surface area contributed by atoms with E-state index >= 15 is 0 Å². The van der Waals surface area contributed by atoms with E-state index in [9.17, 15) is 13.2 Å². The van der Waals surface area contributed by atoms with Gasteiger partial charge in [0.1, 0.15) is 0 Å². The minimum Gasteiger partial charge on any atom is -0.369 e. The van der Waals surface area contributed by atoms with Crippen LogP contribution in [-0.4, -0.2) is 58.7 Å². The third-order valence-electron chi connectivity index (χ3n) is 4.78. The first-order valence-corrected chi connectivity index (χ1v) is 11.6. The van der Waals surface area contributed by atoms with Crippen molar-refractivity contribution in [1.82, 2.24) is 10.2 Å². The van der Waals surface area contributed by atoms with Crippen molar-refractivity contribution in [3.8, 4) is 0 Å². The van der Waals surface area contributed by atoms with E-state index in [4.69, 9.17) is 11.6 Å². The number of carbonyl (C=O) groups excluding carboxylic acids is 1. The van der Waals surface area contributed by atoms with Crippen LogP contribution >= 0.6 is 11.6 Å². The standard InChI is InChI=1S/C20H25ClN4O3S/c1-24-9-11-25(12-10-24)17-6-3-15(4-7-17)14-22-20(26)16-5-8-19(18(21)13-16)23-29(2,27)28/h3-8,13,23H,9-12,14H2,1-2H3,(H,22,26). The number of benzene rings is 2. The number of carbonyl (C=O) groups is 1. The summed E-state index contributed by atoms with van der Waals surface area (Å²) in [6, 6.07) is 12.6. The number of halogens is 1. The Balaban J connectivity index is 1.57. The second-order valence-electron chi connectivity index (χ2n) is 7.21. The number of rotatable bonds is 6. The first-order chi connectivity index (χ1) is 13.7. The highest BCUT2D eigenvalue weighted by atomic mass is 35.5. The maximum absolute atomic E-state index is 12.4. The van der Waals surface area contributed by atoms with Gasteiger partial charge in [0, 0.05) is 44.0 Å².